The number of rotatable bonds is 4. The third-order valence-corrected chi connectivity index (χ3v) is 4.73. The molecule has 10 heteroatoms. The molecule has 0 amide bonds. The summed E-state index contributed by atoms with van der Waals surface area (Å²) in [5.74, 6) is -0.145. The van der Waals surface area contributed by atoms with Gasteiger partial charge in [-0.3, -0.25) is 0 Å². The van der Waals surface area contributed by atoms with E-state index in [1.807, 2.05) is 0 Å². The van der Waals surface area contributed by atoms with E-state index in [4.69, 9.17) is 4.74 Å². The Kier molecular flexibility index (Phi) is 3.34. The molecule has 0 N–H and O–H groups in total. The first-order chi connectivity index (χ1) is 10.4. The molecule has 0 radical (unpaired) electrons. The fourth-order valence-corrected chi connectivity index (χ4v) is 3.19. The minimum Gasteiger partial charge on any atom is -0.433 e. The van der Waals surface area contributed by atoms with Crippen molar-refractivity contribution in [2.45, 2.75) is 4.90 Å². The van der Waals surface area contributed by atoms with Crippen molar-refractivity contribution >= 4 is 32.0 Å². The van der Waals surface area contributed by atoms with Crippen molar-refractivity contribution in [1.29, 1.82) is 0 Å². The van der Waals surface area contributed by atoms with Gasteiger partial charge in [0.25, 0.3) is 4.96 Å². The van der Waals surface area contributed by atoms with Crippen molar-refractivity contribution in [1.82, 2.24) is 9.38 Å². The lowest BCUT2D eigenvalue weighted by molar-refractivity contribution is -0.391. The van der Waals surface area contributed by atoms with Crippen LogP contribution in [-0.2, 0) is 9.84 Å². The zero-order valence-corrected chi connectivity index (χ0v) is 12.8. The molecule has 0 saturated heterocycles. The molecule has 3 aromatic rings. The Balaban J connectivity index is 1.98. The van der Waals surface area contributed by atoms with Crippen LogP contribution in [0, 0.1) is 10.1 Å². The smallest absolute Gasteiger partial charge is 0.393 e. The summed E-state index contributed by atoms with van der Waals surface area (Å²) in [5, 5.41) is 12.8. The molecule has 0 bridgehead atoms. The van der Waals surface area contributed by atoms with Gasteiger partial charge in [-0.05, 0) is 29.2 Å². The Hall–Kier alpha value is -2.46. The van der Waals surface area contributed by atoms with Gasteiger partial charge in [-0.25, -0.2) is 8.42 Å². The van der Waals surface area contributed by atoms with E-state index in [0.717, 1.165) is 6.26 Å². The number of thiazole rings is 1. The monoisotopic (exact) mass is 339 g/mol. The average molecular weight is 339 g/mol. The predicted molar refractivity (Wildman–Crippen MR) is 79.3 cm³/mol. The van der Waals surface area contributed by atoms with Gasteiger partial charge in [0, 0.05) is 11.6 Å². The molecule has 2 aromatic heterocycles. The minimum atomic E-state index is -3.31. The van der Waals surface area contributed by atoms with Crippen LogP contribution >= 0.6 is 11.3 Å². The molecule has 3 rings (SSSR count). The normalized spacial score (nSPS) is 11.7. The van der Waals surface area contributed by atoms with Crippen LogP contribution in [0.25, 0.3) is 4.96 Å². The molecule has 0 aliphatic heterocycles. The number of ether oxygens (including phenoxy) is 1. The summed E-state index contributed by atoms with van der Waals surface area (Å²) in [5.41, 5.74) is 0. The van der Waals surface area contributed by atoms with Gasteiger partial charge in [-0.1, -0.05) is 11.3 Å². The summed E-state index contributed by atoms with van der Waals surface area (Å²) in [6, 6.07) is 5.59. The SMILES string of the molecule is CS(=O)(=O)c1ccc(Oc2nc3sccn3c2[N+](=O)[O-])cc1. The lowest BCUT2D eigenvalue weighted by atomic mass is 10.3. The molecular weight excluding hydrogens is 330 g/mol. The summed E-state index contributed by atoms with van der Waals surface area (Å²) in [7, 11) is -3.31. The summed E-state index contributed by atoms with van der Waals surface area (Å²) < 4.78 is 29.5. The first-order valence-electron chi connectivity index (χ1n) is 5.94. The van der Waals surface area contributed by atoms with E-state index >= 15 is 0 Å². The Morgan fingerprint density at radius 3 is 2.59 bits per heavy atom. The number of nitro groups is 1. The molecule has 0 spiro atoms. The van der Waals surface area contributed by atoms with Gasteiger partial charge in [-0.2, -0.15) is 9.38 Å². The zero-order chi connectivity index (χ0) is 15.9. The number of hydrogen-bond donors (Lipinski definition) is 0. The van der Waals surface area contributed by atoms with Crippen molar-refractivity contribution in [3.63, 3.8) is 0 Å². The number of imidazole rings is 1. The molecular formula is C12H9N3O5S2. The Morgan fingerprint density at radius 2 is 2.00 bits per heavy atom. The molecule has 22 heavy (non-hydrogen) atoms. The highest BCUT2D eigenvalue weighted by atomic mass is 32.2. The average Bonchev–Trinajstić information content (AvgIpc) is 2.97. The van der Waals surface area contributed by atoms with Gasteiger partial charge in [0.05, 0.1) is 4.90 Å². The summed E-state index contributed by atoms with van der Waals surface area (Å²) in [6.07, 6.45) is 2.63. The van der Waals surface area contributed by atoms with Crippen LogP contribution in [0.5, 0.6) is 11.6 Å². The second kappa shape index (κ2) is 5.07. The molecule has 0 saturated carbocycles. The highest BCUT2D eigenvalue weighted by Crippen LogP contribution is 2.33. The lowest BCUT2D eigenvalue weighted by Crippen LogP contribution is -1.97. The third kappa shape index (κ3) is 2.53. The van der Waals surface area contributed by atoms with Gasteiger partial charge in [0.1, 0.15) is 11.9 Å². The van der Waals surface area contributed by atoms with Crippen molar-refractivity contribution < 1.29 is 18.1 Å². The van der Waals surface area contributed by atoms with Gasteiger partial charge < -0.3 is 14.9 Å². The maximum absolute atomic E-state index is 11.4. The van der Waals surface area contributed by atoms with Crippen LogP contribution in [0.3, 0.4) is 0 Å². The first-order valence-corrected chi connectivity index (χ1v) is 8.71. The number of nitrogens with zero attached hydrogens (tertiary/aromatic N) is 3. The largest absolute Gasteiger partial charge is 0.433 e. The van der Waals surface area contributed by atoms with Crippen LogP contribution in [0.4, 0.5) is 5.82 Å². The van der Waals surface area contributed by atoms with Crippen LogP contribution in [0.15, 0.2) is 40.7 Å². The topological polar surface area (TPSA) is 104 Å². The van der Waals surface area contributed by atoms with E-state index in [9.17, 15) is 18.5 Å². The fourth-order valence-electron chi connectivity index (χ4n) is 1.86. The number of aromatic nitrogens is 2. The summed E-state index contributed by atoms with van der Waals surface area (Å²) in [6.45, 7) is 0. The van der Waals surface area contributed by atoms with Crippen molar-refractivity contribution in [3.05, 3.63) is 46.0 Å². The highest BCUT2D eigenvalue weighted by Gasteiger charge is 2.25. The number of benzene rings is 1. The predicted octanol–water partition coefficient (Wildman–Crippen LogP) is 2.50. The lowest BCUT2D eigenvalue weighted by Gasteiger charge is -2.03. The van der Waals surface area contributed by atoms with Crippen molar-refractivity contribution in [3.8, 4) is 11.6 Å². The molecule has 8 nitrogen and oxygen atoms in total. The Bertz CT molecular complexity index is 956. The van der Waals surface area contributed by atoms with E-state index in [2.05, 4.69) is 4.98 Å². The molecule has 0 aliphatic carbocycles. The number of sulfone groups is 1. The van der Waals surface area contributed by atoms with Crippen LogP contribution < -0.4 is 4.74 Å². The van der Waals surface area contributed by atoms with Crippen molar-refractivity contribution in [2.75, 3.05) is 6.26 Å². The van der Waals surface area contributed by atoms with E-state index in [1.165, 1.54) is 46.2 Å². The van der Waals surface area contributed by atoms with Gasteiger partial charge >= 0.3 is 11.7 Å². The summed E-state index contributed by atoms with van der Waals surface area (Å²) >= 11 is 1.24. The molecule has 2 heterocycles. The van der Waals surface area contributed by atoms with Gasteiger partial charge in [-0.15, -0.1) is 0 Å². The van der Waals surface area contributed by atoms with Crippen LogP contribution in [0.1, 0.15) is 0 Å². The quantitative estimate of drug-likeness (QED) is 0.534. The molecule has 0 unspecified atom stereocenters. The van der Waals surface area contributed by atoms with E-state index in [1.54, 1.807) is 5.38 Å². The van der Waals surface area contributed by atoms with E-state index < -0.39 is 14.8 Å². The molecule has 0 atom stereocenters. The maximum Gasteiger partial charge on any atom is 0.393 e. The number of fused-ring (bicyclic) bond motifs is 1. The molecule has 0 aliphatic rings. The fraction of sp³-hybridized carbons (Fsp3) is 0.0833. The minimum absolute atomic E-state index is 0.135. The van der Waals surface area contributed by atoms with Gasteiger partial charge in [0.15, 0.2) is 9.84 Å². The highest BCUT2D eigenvalue weighted by molar-refractivity contribution is 7.90. The second-order valence-electron chi connectivity index (χ2n) is 4.40. The standard InChI is InChI=1S/C12H9N3O5S2/c1-22(18,19)9-4-2-8(3-5-9)20-10-11(15(16)17)14-6-7-21-12(14)13-10/h2-7H,1H3. The maximum atomic E-state index is 11.4. The van der Waals surface area contributed by atoms with Crippen LogP contribution in [0.2, 0.25) is 0 Å². The summed E-state index contributed by atoms with van der Waals surface area (Å²) in [4.78, 5) is 15.2. The number of hydrogen-bond acceptors (Lipinski definition) is 7. The third-order valence-electron chi connectivity index (χ3n) is 2.85. The van der Waals surface area contributed by atoms with E-state index in [0.29, 0.717) is 4.96 Å². The second-order valence-corrected chi connectivity index (χ2v) is 7.29. The van der Waals surface area contributed by atoms with Gasteiger partial charge in [0.2, 0.25) is 0 Å². The first kappa shape index (κ1) is 14.5. The Labute approximate surface area is 128 Å². The van der Waals surface area contributed by atoms with Crippen LogP contribution in [-0.4, -0.2) is 29.0 Å². The van der Waals surface area contributed by atoms with Crippen molar-refractivity contribution in [2.24, 2.45) is 0 Å². The molecule has 0 fully saturated rings. The molecule has 114 valence electrons. The van der Waals surface area contributed by atoms with E-state index in [-0.39, 0.29) is 22.3 Å². The molecule has 1 aromatic carbocycles. The Morgan fingerprint density at radius 1 is 1.32 bits per heavy atom. The zero-order valence-electron chi connectivity index (χ0n) is 11.2.